The summed E-state index contributed by atoms with van der Waals surface area (Å²) < 4.78 is 7.55. The van der Waals surface area contributed by atoms with Gasteiger partial charge in [0.2, 0.25) is 0 Å². The maximum atomic E-state index is 12.3. The minimum Gasteiger partial charge on any atom is -0.462 e. The van der Waals surface area contributed by atoms with Gasteiger partial charge in [0.25, 0.3) is 0 Å². The molecule has 2 aromatic rings. The van der Waals surface area contributed by atoms with Crippen molar-refractivity contribution in [2.45, 2.75) is 58.5 Å². The standard InChI is InChI=1S/C19H24N2O2/c1-14-18(13-19(22)23-17-11-7-4-8-12-17)15(2)21(20-14)16-9-5-3-6-10-16/h3,5-6,9-10,17H,4,7-8,11-13H2,1-2H3. The van der Waals surface area contributed by atoms with Crippen LogP contribution >= 0.6 is 0 Å². The molecule has 1 heterocycles. The zero-order chi connectivity index (χ0) is 16.2. The number of para-hydroxylation sites is 1. The van der Waals surface area contributed by atoms with Gasteiger partial charge in [-0.15, -0.1) is 0 Å². The predicted molar refractivity (Wildman–Crippen MR) is 89.7 cm³/mol. The molecule has 0 amide bonds. The van der Waals surface area contributed by atoms with E-state index < -0.39 is 0 Å². The van der Waals surface area contributed by atoms with Crippen molar-refractivity contribution in [2.24, 2.45) is 0 Å². The normalized spacial score (nSPS) is 15.6. The number of aromatic nitrogens is 2. The van der Waals surface area contributed by atoms with Gasteiger partial charge < -0.3 is 4.74 Å². The highest BCUT2D eigenvalue weighted by molar-refractivity contribution is 5.73. The Morgan fingerprint density at radius 1 is 1.17 bits per heavy atom. The van der Waals surface area contributed by atoms with Gasteiger partial charge >= 0.3 is 5.97 Å². The first-order chi connectivity index (χ1) is 11.1. The topological polar surface area (TPSA) is 44.1 Å². The summed E-state index contributed by atoms with van der Waals surface area (Å²) in [4.78, 5) is 12.3. The number of esters is 1. The van der Waals surface area contributed by atoms with Crippen molar-refractivity contribution >= 4 is 5.97 Å². The van der Waals surface area contributed by atoms with Crippen molar-refractivity contribution in [1.82, 2.24) is 9.78 Å². The molecule has 23 heavy (non-hydrogen) atoms. The van der Waals surface area contributed by atoms with Gasteiger partial charge in [-0.1, -0.05) is 24.6 Å². The zero-order valence-corrected chi connectivity index (χ0v) is 13.9. The fourth-order valence-electron chi connectivity index (χ4n) is 3.31. The van der Waals surface area contributed by atoms with Crippen LogP contribution in [-0.4, -0.2) is 21.9 Å². The molecule has 4 nitrogen and oxygen atoms in total. The lowest BCUT2D eigenvalue weighted by Gasteiger charge is -2.21. The Hall–Kier alpha value is -2.10. The molecule has 1 aliphatic rings. The summed E-state index contributed by atoms with van der Waals surface area (Å²) in [5.74, 6) is -0.129. The zero-order valence-electron chi connectivity index (χ0n) is 13.9. The molecular formula is C19H24N2O2. The molecule has 122 valence electrons. The van der Waals surface area contributed by atoms with Crippen LogP contribution in [0.4, 0.5) is 0 Å². The van der Waals surface area contributed by atoms with Crippen LogP contribution in [-0.2, 0) is 16.0 Å². The second-order valence-corrected chi connectivity index (χ2v) is 6.32. The summed E-state index contributed by atoms with van der Waals surface area (Å²) in [6.07, 6.45) is 6.03. The number of ether oxygens (including phenoxy) is 1. The fourth-order valence-corrected chi connectivity index (χ4v) is 3.31. The first-order valence-electron chi connectivity index (χ1n) is 8.45. The minimum absolute atomic E-state index is 0.112. The molecule has 0 spiro atoms. The Bertz CT molecular complexity index is 670. The third-order valence-corrected chi connectivity index (χ3v) is 4.61. The molecule has 1 fully saturated rings. The van der Waals surface area contributed by atoms with E-state index in [4.69, 9.17) is 4.74 Å². The molecule has 0 N–H and O–H groups in total. The van der Waals surface area contributed by atoms with Gasteiger partial charge in [0.05, 0.1) is 17.8 Å². The van der Waals surface area contributed by atoms with Crippen molar-refractivity contribution in [3.8, 4) is 5.69 Å². The van der Waals surface area contributed by atoms with E-state index in [1.54, 1.807) is 0 Å². The maximum absolute atomic E-state index is 12.3. The number of hydrogen-bond acceptors (Lipinski definition) is 3. The average molecular weight is 312 g/mol. The van der Waals surface area contributed by atoms with Gasteiger partial charge in [-0.3, -0.25) is 4.79 Å². The van der Waals surface area contributed by atoms with Gasteiger partial charge in [0.15, 0.2) is 0 Å². The lowest BCUT2D eigenvalue weighted by atomic mass is 9.98. The van der Waals surface area contributed by atoms with E-state index in [9.17, 15) is 4.79 Å². The second-order valence-electron chi connectivity index (χ2n) is 6.32. The van der Waals surface area contributed by atoms with Crippen LogP contribution in [0.2, 0.25) is 0 Å². The number of carbonyl (C=O) groups is 1. The Morgan fingerprint density at radius 3 is 2.57 bits per heavy atom. The van der Waals surface area contributed by atoms with Gasteiger partial charge in [0.1, 0.15) is 6.10 Å². The van der Waals surface area contributed by atoms with Crippen LogP contribution in [0, 0.1) is 13.8 Å². The second kappa shape index (κ2) is 6.99. The molecule has 0 bridgehead atoms. The molecule has 0 aliphatic heterocycles. The summed E-state index contributed by atoms with van der Waals surface area (Å²) in [5, 5.41) is 4.59. The third-order valence-electron chi connectivity index (χ3n) is 4.61. The molecule has 4 heteroatoms. The number of hydrogen-bond donors (Lipinski definition) is 0. The third kappa shape index (κ3) is 3.63. The Morgan fingerprint density at radius 2 is 1.87 bits per heavy atom. The average Bonchev–Trinajstić information content (AvgIpc) is 2.85. The first-order valence-corrected chi connectivity index (χ1v) is 8.45. The molecule has 1 saturated carbocycles. The van der Waals surface area contributed by atoms with Crippen molar-refractivity contribution in [3.05, 3.63) is 47.3 Å². The highest BCUT2D eigenvalue weighted by atomic mass is 16.5. The predicted octanol–water partition coefficient (Wildman–Crippen LogP) is 3.91. The quantitative estimate of drug-likeness (QED) is 0.804. The van der Waals surface area contributed by atoms with Gasteiger partial charge in [-0.2, -0.15) is 5.10 Å². The van der Waals surface area contributed by atoms with Gasteiger partial charge in [-0.25, -0.2) is 4.68 Å². The summed E-state index contributed by atoms with van der Waals surface area (Å²) in [5.41, 5.74) is 3.90. The summed E-state index contributed by atoms with van der Waals surface area (Å²) in [7, 11) is 0. The number of carbonyl (C=O) groups excluding carboxylic acids is 1. The molecule has 0 saturated heterocycles. The van der Waals surface area contributed by atoms with Crippen molar-refractivity contribution in [2.75, 3.05) is 0 Å². The van der Waals surface area contributed by atoms with Crippen LogP contribution in [0.3, 0.4) is 0 Å². The van der Waals surface area contributed by atoms with E-state index in [2.05, 4.69) is 5.10 Å². The summed E-state index contributed by atoms with van der Waals surface area (Å²) in [6.45, 7) is 3.96. The van der Waals surface area contributed by atoms with Crippen LogP contribution in [0.5, 0.6) is 0 Å². The Labute approximate surface area is 137 Å². The molecule has 0 atom stereocenters. The molecule has 0 radical (unpaired) electrons. The Kier molecular flexibility index (Phi) is 4.79. The van der Waals surface area contributed by atoms with E-state index in [0.717, 1.165) is 35.5 Å². The molecule has 0 unspecified atom stereocenters. The molecular weight excluding hydrogens is 288 g/mol. The number of aryl methyl sites for hydroxylation is 1. The maximum Gasteiger partial charge on any atom is 0.310 e. The van der Waals surface area contributed by atoms with Crippen molar-refractivity contribution in [1.29, 1.82) is 0 Å². The summed E-state index contributed by atoms with van der Waals surface area (Å²) >= 11 is 0. The van der Waals surface area contributed by atoms with Crippen LogP contribution in [0.25, 0.3) is 5.69 Å². The minimum atomic E-state index is -0.129. The van der Waals surface area contributed by atoms with E-state index in [-0.39, 0.29) is 12.1 Å². The van der Waals surface area contributed by atoms with Crippen LogP contribution in [0.1, 0.15) is 49.1 Å². The largest absolute Gasteiger partial charge is 0.462 e. The molecule has 3 rings (SSSR count). The lowest BCUT2D eigenvalue weighted by Crippen LogP contribution is -2.22. The number of nitrogens with zero attached hydrogens (tertiary/aromatic N) is 2. The fraction of sp³-hybridized carbons (Fsp3) is 0.474. The lowest BCUT2D eigenvalue weighted by molar-refractivity contribution is -0.149. The van der Waals surface area contributed by atoms with Gasteiger partial charge in [0, 0.05) is 11.3 Å². The SMILES string of the molecule is Cc1nn(-c2ccccc2)c(C)c1CC(=O)OC1CCCCC1. The number of rotatable bonds is 4. The van der Waals surface area contributed by atoms with E-state index in [1.807, 2.05) is 48.9 Å². The molecule has 1 aromatic carbocycles. The molecule has 1 aliphatic carbocycles. The van der Waals surface area contributed by atoms with Crippen LogP contribution < -0.4 is 0 Å². The van der Waals surface area contributed by atoms with Gasteiger partial charge in [-0.05, 0) is 51.7 Å². The van der Waals surface area contributed by atoms with Crippen molar-refractivity contribution in [3.63, 3.8) is 0 Å². The van der Waals surface area contributed by atoms with Crippen LogP contribution in [0.15, 0.2) is 30.3 Å². The Balaban J connectivity index is 1.73. The monoisotopic (exact) mass is 312 g/mol. The highest BCUT2D eigenvalue weighted by Crippen LogP contribution is 2.22. The molecule has 1 aromatic heterocycles. The first kappa shape index (κ1) is 15.8. The highest BCUT2D eigenvalue weighted by Gasteiger charge is 2.21. The summed E-state index contributed by atoms with van der Waals surface area (Å²) in [6, 6.07) is 10.00. The number of benzene rings is 1. The van der Waals surface area contributed by atoms with Crippen molar-refractivity contribution < 1.29 is 9.53 Å². The van der Waals surface area contributed by atoms with E-state index >= 15 is 0 Å². The smallest absolute Gasteiger partial charge is 0.310 e. The van der Waals surface area contributed by atoms with E-state index in [1.165, 1.54) is 19.3 Å². The van der Waals surface area contributed by atoms with E-state index in [0.29, 0.717) is 6.42 Å².